The van der Waals surface area contributed by atoms with E-state index in [1.54, 1.807) is 11.9 Å². The Morgan fingerprint density at radius 3 is 2.14 bits per heavy atom. The van der Waals surface area contributed by atoms with Crippen LogP contribution in [-0.2, 0) is 11.2 Å². The van der Waals surface area contributed by atoms with E-state index in [0.29, 0.717) is 0 Å². The minimum absolute atomic E-state index is 0.105. The van der Waals surface area contributed by atoms with E-state index in [0.717, 1.165) is 29.5 Å². The summed E-state index contributed by atoms with van der Waals surface area (Å²) in [6.45, 7) is 8.11. The molecule has 0 unspecified atom stereocenters. The summed E-state index contributed by atoms with van der Waals surface area (Å²) in [7, 11) is 1.77. The maximum Gasteiger partial charge on any atom is 0.250 e. The molecule has 0 radical (unpaired) electrons. The van der Waals surface area contributed by atoms with E-state index in [-0.39, 0.29) is 5.91 Å². The first-order chi connectivity index (χ1) is 18.0. The van der Waals surface area contributed by atoms with Crippen LogP contribution in [0.15, 0.2) is 79.4 Å². The molecule has 1 amide bonds. The lowest BCUT2D eigenvalue weighted by atomic mass is 9.77. The number of hydrogen-bond donors (Lipinski definition) is 0. The molecule has 0 spiro atoms. The van der Waals surface area contributed by atoms with Crippen LogP contribution in [0.5, 0.6) is 0 Å². The van der Waals surface area contributed by atoms with Crippen LogP contribution >= 0.6 is 0 Å². The molecular weight excluding hydrogens is 450 g/mol. The number of hydrogen-bond acceptors (Lipinski definition) is 1. The second kappa shape index (κ2) is 12.9. The molecule has 0 bridgehead atoms. The van der Waals surface area contributed by atoms with Gasteiger partial charge in [0.1, 0.15) is 0 Å². The normalized spacial score (nSPS) is 17.4. The van der Waals surface area contributed by atoms with Gasteiger partial charge in [0, 0.05) is 12.7 Å². The van der Waals surface area contributed by atoms with Gasteiger partial charge in [-0.1, -0.05) is 101 Å². The SMILES string of the molecule is C=CC(=O)N(C)c1ccc(-c2ccc(-c3ccc(C4CCC(CCCCC)CC4)cc3)c(CC)c2)cc1. The minimum atomic E-state index is -0.105. The van der Waals surface area contributed by atoms with Gasteiger partial charge in [-0.25, -0.2) is 0 Å². The molecule has 3 aromatic carbocycles. The number of anilines is 1. The van der Waals surface area contributed by atoms with E-state index in [9.17, 15) is 4.79 Å². The van der Waals surface area contributed by atoms with E-state index < -0.39 is 0 Å². The molecule has 1 saturated carbocycles. The molecule has 37 heavy (non-hydrogen) atoms. The van der Waals surface area contributed by atoms with Crippen molar-refractivity contribution in [2.24, 2.45) is 5.92 Å². The molecule has 1 fully saturated rings. The van der Waals surface area contributed by atoms with Crippen LogP contribution in [-0.4, -0.2) is 13.0 Å². The Kier molecular flexibility index (Phi) is 9.39. The smallest absolute Gasteiger partial charge is 0.250 e. The lowest BCUT2D eigenvalue weighted by Crippen LogP contribution is -2.23. The van der Waals surface area contributed by atoms with Gasteiger partial charge in [-0.05, 0) is 95.5 Å². The molecule has 0 saturated heterocycles. The molecule has 194 valence electrons. The Hall–Kier alpha value is -3.13. The van der Waals surface area contributed by atoms with Crippen LogP contribution in [0.3, 0.4) is 0 Å². The van der Waals surface area contributed by atoms with Crippen LogP contribution in [0, 0.1) is 5.92 Å². The first kappa shape index (κ1) is 26.9. The topological polar surface area (TPSA) is 20.3 Å². The average Bonchev–Trinajstić information content (AvgIpc) is 2.96. The van der Waals surface area contributed by atoms with Crippen molar-refractivity contribution >= 4 is 11.6 Å². The maximum absolute atomic E-state index is 11.9. The number of benzene rings is 3. The second-order valence-corrected chi connectivity index (χ2v) is 10.7. The highest BCUT2D eigenvalue weighted by Crippen LogP contribution is 2.39. The first-order valence-electron chi connectivity index (χ1n) is 14.3. The number of amides is 1. The number of aryl methyl sites for hydroxylation is 1. The predicted octanol–water partition coefficient (Wildman–Crippen LogP) is 9.59. The molecular formula is C35H43NO. The Morgan fingerprint density at radius 2 is 1.51 bits per heavy atom. The standard InChI is InChI=1S/C35H43NO/c1-5-8-9-10-26-11-13-28(14-12-26)29-15-17-31(18-16-29)34-24-21-32(25-27(34)6-2)30-19-22-33(23-20-30)36(4)35(37)7-3/h7,15-26,28H,3,5-6,8-14H2,1-2,4H3. The molecule has 2 nitrogen and oxygen atoms in total. The van der Waals surface area contributed by atoms with Gasteiger partial charge in [-0.2, -0.15) is 0 Å². The van der Waals surface area contributed by atoms with Crippen molar-refractivity contribution in [2.45, 2.75) is 77.6 Å². The maximum atomic E-state index is 11.9. The summed E-state index contributed by atoms with van der Waals surface area (Å²) in [4.78, 5) is 13.5. The quantitative estimate of drug-likeness (QED) is 0.203. The molecule has 0 heterocycles. The van der Waals surface area contributed by atoms with E-state index in [1.807, 2.05) is 12.1 Å². The van der Waals surface area contributed by atoms with Gasteiger partial charge >= 0.3 is 0 Å². The van der Waals surface area contributed by atoms with Crippen molar-refractivity contribution in [1.29, 1.82) is 0 Å². The van der Waals surface area contributed by atoms with Crippen molar-refractivity contribution in [3.05, 3.63) is 90.5 Å². The summed E-state index contributed by atoms with van der Waals surface area (Å²) >= 11 is 0. The number of rotatable bonds is 10. The first-order valence-corrected chi connectivity index (χ1v) is 14.3. The van der Waals surface area contributed by atoms with Gasteiger partial charge in [0.25, 0.3) is 0 Å². The van der Waals surface area contributed by atoms with Crippen LogP contribution in [0.1, 0.15) is 82.3 Å². The van der Waals surface area contributed by atoms with Gasteiger partial charge in [0.2, 0.25) is 5.91 Å². The van der Waals surface area contributed by atoms with Gasteiger partial charge in [0.15, 0.2) is 0 Å². The number of unbranched alkanes of at least 4 members (excludes halogenated alkanes) is 2. The highest BCUT2D eigenvalue weighted by Gasteiger charge is 2.22. The molecule has 3 aromatic rings. The van der Waals surface area contributed by atoms with Gasteiger partial charge in [-0.3, -0.25) is 4.79 Å². The van der Waals surface area contributed by atoms with E-state index in [4.69, 9.17) is 0 Å². The molecule has 0 N–H and O–H groups in total. The monoisotopic (exact) mass is 493 g/mol. The minimum Gasteiger partial charge on any atom is -0.312 e. The zero-order valence-electron chi connectivity index (χ0n) is 23.0. The molecule has 0 atom stereocenters. The fourth-order valence-corrected chi connectivity index (χ4v) is 5.89. The summed E-state index contributed by atoms with van der Waals surface area (Å²) in [5, 5.41) is 0. The van der Waals surface area contributed by atoms with E-state index >= 15 is 0 Å². The van der Waals surface area contributed by atoms with Gasteiger partial charge < -0.3 is 4.90 Å². The molecule has 0 aromatic heterocycles. The Labute approximate surface area is 224 Å². The van der Waals surface area contributed by atoms with Crippen molar-refractivity contribution in [3.8, 4) is 22.3 Å². The molecule has 4 rings (SSSR count). The van der Waals surface area contributed by atoms with Crippen molar-refractivity contribution in [2.75, 3.05) is 11.9 Å². The third kappa shape index (κ3) is 6.60. The molecule has 1 aliphatic rings. The Morgan fingerprint density at radius 1 is 0.865 bits per heavy atom. The number of carbonyl (C=O) groups excluding carboxylic acids is 1. The number of carbonyl (C=O) groups is 1. The molecule has 1 aliphatic carbocycles. The summed E-state index contributed by atoms with van der Waals surface area (Å²) in [5.41, 5.74) is 8.74. The fourth-order valence-electron chi connectivity index (χ4n) is 5.89. The second-order valence-electron chi connectivity index (χ2n) is 10.7. The number of likely N-dealkylation sites (N-methyl/N-ethyl adjacent to an activating group) is 1. The Bertz CT molecular complexity index is 1170. The lowest BCUT2D eigenvalue weighted by Gasteiger charge is -2.29. The van der Waals surface area contributed by atoms with Crippen LogP contribution in [0.25, 0.3) is 22.3 Å². The summed E-state index contributed by atoms with van der Waals surface area (Å²) in [6.07, 6.45) is 13.4. The van der Waals surface area contributed by atoms with Crippen LogP contribution < -0.4 is 4.90 Å². The summed E-state index contributed by atoms with van der Waals surface area (Å²) in [5.74, 6) is 1.58. The largest absolute Gasteiger partial charge is 0.312 e. The van der Waals surface area contributed by atoms with Crippen LogP contribution in [0.4, 0.5) is 5.69 Å². The third-order valence-corrected chi connectivity index (χ3v) is 8.34. The highest BCUT2D eigenvalue weighted by molar-refractivity contribution is 6.00. The van der Waals surface area contributed by atoms with Crippen molar-refractivity contribution in [3.63, 3.8) is 0 Å². The third-order valence-electron chi connectivity index (χ3n) is 8.34. The number of nitrogens with zero attached hydrogens (tertiary/aromatic N) is 1. The zero-order chi connectivity index (χ0) is 26.2. The Balaban J connectivity index is 1.44. The fraction of sp³-hybridized carbons (Fsp3) is 0.400. The predicted molar refractivity (Wildman–Crippen MR) is 159 cm³/mol. The summed E-state index contributed by atoms with van der Waals surface area (Å²) < 4.78 is 0. The summed E-state index contributed by atoms with van der Waals surface area (Å²) in [6, 6.07) is 24.4. The average molecular weight is 494 g/mol. The van der Waals surface area contributed by atoms with Crippen molar-refractivity contribution < 1.29 is 4.79 Å². The van der Waals surface area contributed by atoms with Crippen molar-refractivity contribution in [1.82, 2.24) is 0 Å². The van der Waals surface area contributed by atoms with E-state index in [1.165, 1.54) is 85.3 Å². The van der Waals surface area contributed by atoms with Crippen LogP contribution in [0.2, 0.25) is 0 Å². The van der Waals surface area contributed by atoms with Gasteiger partial charge in [0.05, 0.1) is 0 Å². The highest BCUT2D eigenvalue weighted by atomic mass is 16.2. The molecule has 2 heteroatoms. The van der Waals surface area contributed by atoms with E-state index in [2.05, 4.69) is 75.0 Å². The zero-order valence-corrected chi connectivity index (χ0v) is 23.0. The van der Waals surface area contributed by atoms with Gasteiger partial charge in [-0.15, -0.1) is 0 Å². The lowest BCUT2D eigenvalue weighted by molar-refractivity contribution is -0.113. The molecule has 0 aliphatic heterocycles.